The van der Waals surface area contributed by atoms with Crippen molar-refractivity contribution in [2.45, 2.75) is 13.0 Å². The molecule has 0 unspecified atom stereocenters. The molecule has 5 heteroatoms. The van der Waals surface area contributed by atoms with E-state index in [9.17, 15) is 4.79 Å². The lowest BCUT2D eigenvalue weighted by atomic mass is 10.1. The van der Waals surface area contributed by atoms with Crippen LogP contribution in [0.3, 0.4) is 0 Å². The minimum atomic E-state index is -0.593. The van der Waals surface area contributed by atoms with E-state index in [1.807, 2.05) is 78.2 Å². The lowest BCUT2D eigenvalue weighted by Gasteiger charge is -2.14. The molecule has 0 aliphatic rings. The van der Waals surface area contributed by atoms with Crippen LogP contribution in [-0.4, -0.2) is 17.0 Å². The third-order valence-electron chi connectivity index (χ3n) is 4.40. The van der Waals surface area contributed by atoms with E-state index in [1.54, 1.807) is 18.3 Å². The van der Waals surface area contributed by atoms with E-state index in [2.05, 4.69) is 17.4 Å². The fourth-order valence-corrected chi connectivity index (χ4v) is 3.68. The number of nitrogens with zero attached hydrogens (tertiary/aromatic N) is 1. The van der Waals surface area contributed by atoms with Crippen LogP contribution in [0, 0.1) is 0 Å². The van der Waals surface area contributed by atoms with Gasteiger partial charge in [0.15, 0.2) is 6.10 Å². The van der Waals surface area contributed by atoms with Gasteiger partial charge in [0, 0.05) is 22.2 Å². The zero-order chi connectivity index (χ0) is 20.1. The molecule has 144 valence electrons. The van der Waals surface area contributed by atoms with E-state index in [1.165, 1.54) is 0 Å². The van der Waals surface area contributed by atoms with Gasteiger partial charge in [0.1, 0.15) is 10.8 Å². The van der Waals surface area contributed by atoms with Crippen LogP contribution in [0.2, 0.25) is 0 Å². The first-order valence-electron chi connectivity index (χ1n) is 9.33. The van der Waals surface area contributed by atoms with Crippen LogP contribution in [0.1, 0.15) is 6.92 Å². The Morgan fingerprint density at radius 3 is 2.24 bits per heavy atom. The number of amides is 1. The first kappa shape index (κ1) is 18.9. The molecule has 0 fully saturated rings. The van der Waals surface area contributed by atoms with Crippen LogP contribution in [0.4, 0.5) is 5.69 Å². The Labute approximate surface area is 173 Å². The number of rotatable bonds is 6. The van der Waals surface area contributed by atoms with Crippen molar-refractivity contribution in [3.63, 3.8) is 0 Å². The van der Waals surface area contributed by atoms with Crippen molar-refractivity contribution in [1.82, 2.24) is 4.98 Å². The predicted molar refractivity (Wildman–Crippen MR) is 118 cm³/mol. The first-order chi connectivity index (χ1) is 14.2. The van der Waals surface area contributed by atoms with Crippen LogP contribution in [0.25, 0.3) is 21.8 Å². The number of anilines is 1. The number of nitrogens with one attached hydrogen (secondary N) is 1. The summed E-state index contributed by atoms with van der Waals surface area (Å²) >= 11 is 1.62. The number of ether oxygens (including phenoxy) is 1. The summed E-state index contributed by atoms with van der Waals surface area (Å²) in [5.41, 5.74) is 3.77. The summed E-state index contributed by atoms with van der Waals surface area (Å²) < 4.78 is 5.67. The summed E-state index contributed by atoms with van der Waals surface area (Å²) in [6.07, 6.45) is -0.593. The molecule has 1 N–H and O–H groups in total. The molecular formula is C24H20N2O2S. The number of carbonyl (C=O) groups is 1. The van der Waals surface area contributed by atoms with Crippen molar-refractivity contribution in [3.05, 3.63) is 90.3 Å². The zero-order valence-corrected chi connectivity index (χ0v) is 16.7. The van der Waals surface area contributed by atoms with Gasteiger partial charge < -0.3 is 10.1 Å². The second-order valence-corrected chi connectivity index (χ2v) is 7.40. The number of para-hydroxylation sites is 1. The Balaban J connectivity index is 1.40. The highest BCUT2D eigenvalue weighted by atomic mass is 32.1. The summed E-state index contributed by atoms with van der Waals surface area (Å²) in [6.45, 7) is 1.73. The van der Waals surface area contributed by atoms with Gasteiger partial charge in [-0.25, -0.2) is 4.98 Å². The molecule has 0 saturated heterocycles. The highest BCUT2D eigenvalue weighted by Gasteiger charge is 2.15. The van der Waals surface area contributed by atoms with E-state index in [0.717, 1.165) is 27.5 Å². The second-order valence-electron chi connectivity index (χ2n) is 6.54. The minimum absolute atomic E-state index is 0.193. The van der Waals surface area contributed by atoms with Crippen molar-refractivity contribution < 1.29 is 9.53 Å². The molecule has 1 atom stereocenters. The average molecular weight is 401 g/mol. The molecule has 1 heterocycles. The largest absolute Gasteiger partial charge is 0.481 e. The number of aromatic nitrogens is 1. The molecule has 0 radical (unpaired) electrons. The average Bonchev–Trinajstić information content (AvgIpc) is 3.26. The van der Waals surface area contributed by atoms with Gasteiger partial charge in [-0.3, -0.25) is 4.79 Å². The zero-order valence-electron chi connectivity index (χ0n) is 15.9. The van der Waals surface area contributed by atoms with Crippen molar-refractivity contribution in [3.8, 4) is 27.6 Å². The lowest BCUT2D eigenvalue weighted by molar-refractivity contribution is -0.122. The molecule has 0 bridgehead atoms. The monoisotopic (exact) mass is 400 g/mol. The number of hydrogen-bond acceptors (Lipinski definition) is 4. The molecule has 0 aliphatic heterocycles. The van der Waals surface area contributed by atoms with Crippen molar-refractivity contribution in [2.75, 3.05) is 5.32 Å². The van der Waals surface area contributed by atoms with Gasteiger partial charge in [0.2, 0.25) is 0 Å². The Kier molecular flexibility index (Phi) is 5.68. The molecule has 4 rings (SSSR count). The third-order valence-corrected chi connectivity index (χ3v) is 5.29. The molecule has 4 aromatic rings. The highest BCUT2D eigenvalue weighted by molar-refractivity contribution is 7.13. The predicted octanol–water partition coefficient (Wildman–Crippen LogP) is 5.88. The summed E-state index contributed by atoms with van der Waals surface area (Å²) in [6, 6.07) is 27.1. The smallest absolute Gasteiger partial charge is 0.265 e. The van der Waals surface area contributed by atoms with Crippen LogP contribution < -0.4 is 10.1 Å². The van der Waals surface area contributed by atoms with Crippen molar-refractivity contribution in [1.29, 1.82) is 0 Å². The maximum absolute atomic E-state index is 12.4. The van der Waals surface area contributed by atoms with E-state index in [4.69, 9.17) is 9.72 Å². The summed E-state index contributed by atoms with van der Waals surface area (Å²) in [4.78, 5) is 17.1. The molecule has 4 nitrogen and oxygen atoms in total. The number of thiazole rings is 1. The summed E-state index contributed by atoms with van der Waals surface area (Å²) in [5, 5.41) is 5.93. The van der Waals surface area contributed by atoms with E-state index < -0.39 is 6.10 Å². The second kappa shape index (κ2) is 8.71. The molecule has 0 aliphatic carbocycles. The first-order valence-corrected chi connectivity index (χ1v) is 10.2. The SMILES string of the molecule is C[C@@H](Oc1ccccc1)C(=O)Nc1ccc(-c2csc(-c3ccccc3)n2)cc1. The van der Waals surface area contributed by atoms with E-state index >= 15 is 0 Å². The van der Waals surface area contributed by atoms with Gasteiger partial charge in [-0.1, -0.05) is 60.7 Å². The maximum atomic E-state index is 12.4. The highest BCUT2D eigenvalue weighted by Crippen LogP contribution is 2.29. The normalized spacial score (nSPS) is 11.6. The topological polar surface area (TPSA) is 51.2 Å². The number of benzene rings is 3. The summed E-state index contributed by atoms with van der Waals surface area (Å²) in [5.74, 6) is 0.477. The molecule has 29 heavy (non-hydrogen) atoms. The number of hydrogen-bond donors (Lipinski definition) is 1. The van der Waals surface area contributed by atoms with E-state index in [0.29, 0.717) is 5.75 Å². The van der Waals surface area contributed by atoms with Gasteiger partial charge in [0.25, 0.3) is 5.91 Å². The van der Waals surface area contributed by atoms with Crippen LogP contribution in [-0.2, 0) is 4.79 Å². The Morgan fingerprint density at radius 1 is 0.897 bits per heavy atom. The fraction of sp³-hybridized carbons (Fsp3) is 0.0833. The Bertz CT molecular complexity index is 1080. The Morgan fingerprint density at radius 2 is 1.55 bits per heavy atom. The molecule has 0 spiro atoms. The lowest BCUT2D eigenvalue weighted by Crippen LogP contribution is -2.30. The quantitative estimate of drug-likeness (QED) is 0.439. The van der Waals surface area contributed by atoms with Crippen molar-refractivity contribution in [2.24, 2.45) is 0 Å². The molecule has 1 aromatic heterocycles. The molecule has 3 aromatic carbocycles. The van der Waals surface area contributed by atoms with Crippen LogP contribution >= 0.6 is 11.3 Å². The van der Waals surface area contributed by atoms with Gasteiger partial charge in [-0.2, -0.15) is 0 Å². The fourth-order valence-electron chi connectivity index (χ4n) is 2.84. The van der Waals surface area contributed by atoms with Gasteiger partial charge >= 0.3 is 0 Å². The van der Waals surface area contributed by atoms with Crippen LogP contribution in [0.15, 0.2) is 90.3 Å². The van der Waals surface area contributed by atoms with Crippen molar-refractivity contribution >= 4 is 22.9 Å². The van der Waals surface area contributed by atoms with Gasteiger partial charge in [0.05, 0.1) is 5.69 Å². The number of carbonyl (C=O) groups excluding carboxylic acids is 1. The van der Waals surface area contributed by atoms with Gasteiger partial charge in [-0.05, 0) is 31.2 Å². The van der Waals surface area contributed by atoms with E-state index in [-0.39, 0.29) is 5.91 Å². The molecule has 0 saturated carbocycles. The molecule has 1 amide bonds. The standard InChI is InChI=1S/C24H20N2O2S/c1-17(28-21-10-6-3-7-11-21)23(27)25-20-14-12-18(13-15-20)22-16-29-24(26-22)19-8-4-2-5-9-19/h2-17H,1H3,(H,25,27)/t17-/m1/s1. The summed E-state index contributed by atoms with van der Waals surface area (Å²) in [7, 11) is 0. The minimum Gasteiger partial charge on any atom is -0.481 e. The van der Waals surface area contributed by atoms with Gasteiger partial charge in [-0.15, -0.1) is 11.3 Å². The Hall–Kier alpha value is -3.44. The maximum Gasteiger partial charge on any atom is 0.265 e. The van der Waals surface area contributed by atoms with Crippen LogP contribution in [0.5, 0.6) is 5.75 Å². The molecular weight excluding hydrogens is 380 g/mol. The third kappa shape index (κ3) is 4.70.